The number of hydrogen-bond acceptors (Lipinski definition) is 3. The fraction of sp³-hybridized carbons (Fsp3) is 0.167. The number of nitrogens with one attached hydrogen (secondary N) is 1. The SMILES string of the molecule is CC(=O)c1c(O)c2cc(C(F)(F)F)ccc2[nH]c1=O. The van der Waals surface area contributed by atoms with Crippen LogP contribution in [-0.4, -0.2) is 15.9 Å². The third-order valence-electron chi connectivity index (χ3n) is 2.67. The van der Waals surface area contributed by atoms with Crippen LogP contribution in [0.5, 0.6) is 5.75 Å². The molecule has 0 saturated carbocycles. The van der Waals surface area contributed by atoms with Gasteiger partial charge in [0, 0.05) is 5.39 Å². The molecule has 0 fully saturated rings. The van der Waals surface area contributed by atoms with Gasteiger partial charge in [-0.1, -0.05) is 0 Å². The number of pyridine rings is 1. The van der Waals surface area contributed by atoms with E-state index in [2.05, 4.69) is 4.98 Å². The third kappa shape index (κ3) is 2.18. The fourth-order valence-corrected chi connectivity index (χ4v) is 1.78. The van der Waals surface area contributed by atoms with Gasteiger partial charge >= 0.3 is 6.18 Å². The quantitative estimate of drug-likeness (QED) is 0.783. The molecule has 0 saturated heterocycles. The Hall–Kier alpha value is -2.31. The molecule has 1 aromatic heterocycles. The van der Waals surface area contributed by atoms with Crippen LogP contribution in [-0.2, 0) is 6.18 Å². The maximum absolute atomic E-state index is 12.6. The number of halogens is 3. The summed E-state index contributed by atoms with van der Waals surface area (Å²) in [6.45, 7) is 1.05. The van der Waals surface area contributed by atoms with E-state index in [0.29, 0.717) is 6.07 Å². The number of Topliss-reactive ketones (excluding diaryl/α,β-unsaturated/α-hetero) is 1. The summed E-state index contributed by atoms with van der Waals surface area (Å²) in [6, 6.07) is 2.50. The number of aromatic amines is 1. The fourth-order valence-electron chi connectivity index (χ4n) is 1.78. The number of fused-ring (bicyclic) bond motifs is 1. The van der Waals surface area contributed by atoms with Crippen LogP contribution in [0.2, 0.25) is 0 Å². The molecule has 2 rings (SSSR count). The van der Waals surface area contributed by atoms with Crippen molar-refractivity contribution in [1.29, 1.82) is 0 Å². The zero-order valence-corrected chi connectivity index (χ0v) is 9.63. The van der Waals surface area contributed by atoms with Crippen molar-refractivity contribution in [3.05, 3.63) is 39.7 Å². The number of H-pyrrole nitrogens is 1. The molecule has 0 aliphatic carbocycles. The van der Waals surface area contributed by atoms with Crippen molar-refractivity contribution < 1.29 is 23.1 Å². The Kier molecular flexibility index (Phi) is 2.84. The molecular weight excluding hydrogens is 263 g/mol. The lowest BCUT2D eigenvalue weighted by Gasteiger charge is -2.09. The number of rotatable bonds is 1. The maximum atomic E-state index is 12.6. The monoisotopic (exact) mass is 271 g/mol. The van der Waals surface area contributed by atoms with Gasteiger partial charge in [-0.05, 0) is 25.1 Å². The smallest absolute Gasteiger partial charge is 0.416 e. The van der Waals surface area contributed by atoms with Crippen molar-refractivity contribution in [3.63, 3.8) is 0 Å². The lowest BCUT2D eigenvalue weighted by atomic mass is 10.1. The van der Waals surface area contributed by atoms with Gasteiger partial charge in [-0.3, -0.25) is 9.59 Å². The minimum Gasteiger partial charge on any atom is -0.506 e. The zero-order valence-electron chi connectivity index (χ0n) is 9.63. The van der Waals surface area contributed by atoms with E-state index in [1.165, 1.54) is 0 Å². The predicted molar refractivity (Wildman–Crippen MR) is 61.2 cm³/mol. The second-order valence-corrected chi connectivity index (χ2v) is 3.99. The molecule has 0 spiro atoms. The molecule has 0 bridgehead atoms. The van der Waals surface area contributed by atoms with Gasteiger partial charge < -0.3 is 10.1 Å². The Morgan fingerprint density at radius 1 is 1.32 bits per heavy atom. The Labute approximate surface area is 104 Å². The number of carbonyl (C=O) groups is 1. The minimum absolute atomic E-state index is 0.0282. The molecule has 0 aliphatic rings. The second kappa shape index (κ2) is 4.11. The molecule has 2 N–H and O–H groups in total. The number of alkyl halides is 3. The van der Waals surface area contributed by atoms with E-state index >= 15 is 0 Å². The van der Waals surface area contributed by atoms with Crippen molar-refractivity contribution in [2.75, 3.05) is 0 Å². The molecule has 7 heteroatoms. The summed E-state index contributed by atoms with van der Waals surface area (Å²) in [5.41, 5.74) is -2.33. The molecule has 0 atom stereocenters. The highest BCUT2D eigenvalue weighted by molar-refractivity contribution is 6.02. The molecule has 0 radical (unpaired) electrons. The number of hydrogen-bond donors (Lipinski definition) is 2. The molecule has 2 aromatic rings. The molecular formula is C12H8F3NO3. The molecule has 0 aliphatic heterocycles. The van der Waals surface area contributed by atoms with Crippen molar-refractivity contribution >= 4 is 16.7 Å². The lowest BCUT2D eigenvalue weighted by Crippen LogP contribution is -2.16. The zero-order chi connectivity index (χ0) is 14.4. The number of benzene rings is 1. The highest BCUT2D eigenvalue weighted by Gasteiger charge is 2.31. The van der Waals surface area contributed by atoms with Gasteiger partial charge in [0.05, 0.1) is 11.1 Å². The number of carbonyl (C=O) groups excluding carboxylic acids is 1. The molecule has 100 valence electrons. The van der Waals surface area contributed by atoms with Crippen LogP contribution in [0.1, 0.15) is 22.8 Å². The number of aromatic hydroxyl groups is 1. The van der Waals surface area contributed by atoms with Crippen LogP contribution in [0, 0.1) is 0 Å². The van der Waals surface area contributed by atoms with E-state index in [0.717, 1.165) is 19.1 Å². The molecule has 1 aromatic carbocycles. The highest BCUT2D eigenvalue weighted by atomic mass is 19.4. The maximum Gasteiger partial charge on any atom is 0.416 e. The van der Waals surface area contributed by atoms with Gasteiger partial charge in [-0.2, -0.15) is 13.2 Å². The van der Waals surface area contributed by atoms with Gasteiger partial charge in [-0.25, -0.2) is 0 Å². The standard InChI is InChI=1S/C12H8F3NO3/c1-5(17)9-10(18)7-4-6(12(13,14)15)2-3-8(7)16-11(9)19/h2-4H,1H3,(H2,16,18,19). The summed E-state index contributed by atoms with van der Waals surface area (Å²) in [5, 5.41) is 9.56. The normalized spacial score (nSPS) is 11.8. The average molecular weight is 271 g/mol. The van der Waals surface area contributed by atoms with E-state index in [9.17, 15) is 27.9 Å². The van der Waals surface area contributed by atoms with Crippen LogP contribution in [0.25, 0.3) is 10.9 Å². The number of aromatic nitrogens is 1. The second-order valence-electron chi connectivity index (χ2n) is 3.99. The van der Waals surface area contributed by atoms with E-state index in [-0.39, 0.29) is 10.9 Å². The van der Waals surface area contributed by atoms with E-state index < -0.39 is 34.4 Å². The molecule has 1 heterocycles. The Morgan fingerprint density at radius 2 is 1.95 bits per heavy atom. The van der Waals surface area contributed by atoms with Crippen LogP contribution in [0.4, 0.5) is 13.2 Å². The molecule has 4 nitrogen and oxygen atoms in total. The van der Waals surface area contributed by atoms with Gasteiger partial charge in [0.25, 0.3) is 5.56 Å². The topological polar surface area (TPSA) is 70.2 Å². The Bertz CT molecular complexity index is 731. The largest absolute Gasteiger partial charge is 0.506 e. The van der Waals surface area contributed by atoms with Crippen molar-refractivity contribution in [2.24, 2.45) is 0 Å². The van der Waals surface area contributed by atoms with Crippen LogP contribution >= 0.6 is 0 Å². The predicted octanol–water partition coefficient (Wildman–Crippen LogP) is 2.46. The Balaban J connectivity index is 2.86. The van der Waals surface area contributed by atoms with E-state index in [1.807, 2.05) is 0 Å². The van der Waals surface area contributed by atoms with E-state index in [4.69, 9.17) is 0 Å². The first kappa shape index (κ1) is 13.1. The van der Waals surface area contributed by atoms with Gasteiger partial charge in [0.15, 0.2) is 5.78 Å². The third-order valence-corrected chi connectivity index (χ3v) is 2.67. The van der Waals surface area contributed by atoms with Gasteiger partial charge in [-0.15, -0.1) is 0 Å². The van der Waals surface area contributed by atoms with Crippen molar-refractivity contribution in [1.82, 2.24) is 4.98 Å². The molecule has 19 heavy (non-hydrogen) atoms. The first-order chi connectivity index (χ1) is 8.71. The first-order valence-corrected chi connectivity index (χ1v) is 5.19. The van der Waals surface area contributed by atoms with Crippen LogP contribution < -0.4 is 5.56 Å². The van der Waals surface area contributed by atoms with Crippen LogP contribution in [0.15, 0.2) is 23.0 Å². The number of ketones is 1. The van der Waals surface area contributed by atoms with E-state index in [1.54, 1.807) is 0 Å². The lowest BCUT2D eigenvalue weighted by molar-refractivity contribution is -0.137. The summed E-state index contributed by atoms with van der Waals surface area (Å²) in [4.78, 5) is 25.0. The molecule has 0 unspecified atom stereocenters. The van der Waals surface area contributed by atoms with Crippen molar-refractivity contribution in [3.8, 4) is 5.75 Å². The first-order valence-electron chi connectivity index (χ1n) is 5.19. The summed E-state index contributed by atoms with van der Waals surface area (Å²) in [7, 11) is 0. The summed E-state index contributed by atoms with van der Waals surface area (Å²) < 4.78 is 37.7. The molecule has 0 amide bonds. The highest BCUT2D eigenvalue weighted by Crippen LogP contribution is 2.33. The Morgan fingerprint density at radius 3 is 2.47 bits per heavy atom. The van der Waals surface area contributed by atoms with Gasteiger partial charge in [0.1, 0.15) is 11.3 Å². The average Bonchev–Trinajstić information content (AvgIpc) is 2.26. The van der Waals surface area contributed by atoms with Crippen molar-refractivity contribution in [2.45, 2.75) is 13.1 Å². The van der Waals surface area contributed by atoms with Gasteiger partial charge in [0.2, 0.25) is 0 Å². The summed E-state index contributed by atoms with van der Waals surface area (Å²) in [6.07, 6.45) is -4.58. The summed E-state index contributed by atoms with van der Waals surface area (Å²) in [5.74, 6) is -1.46. The summed E-state index contributed by atoms with van der Waals surface area (Å²) >= 11 is 0. The minimum atomic E-state index is -4.58. The van der Waals surface area contributed by atoms with Crippen LogP contribution in [0.3, 0.4) is 0 Å².